The zero-order valence-corrected chi connectivity index (χ0v) is 9.27. The zero-order chi connectivity index (χ0) is 0. The average molecular weight is 309 g/mol. The van der Waals surface area contributed by atoms with E-state index in [1.807, 2.05) is 0 Å². The molecule has 0 saturated carbocycles. The van der Waals surface area contributed by atoms with E-state index in [0.29, 0.717) is 0 Å². The first-order valence-corrected chi connectivity index (χ1v) is 0. The van der Waals surface area contributed by atoms with Crippen LogP contribution in [0.15, 0.2) is 0 Å². The van der Waals surface area contributed by atoms with Gasteiger partial charge in [-0.15, -0.1) is 0 Å². The van der Waals surface area contributed by atoms with Gasteiger partial charge in [0.25, 0.3) is 0 Å². The van der Waals surface area contributed by atoms with Gasteiger partial charge in [-0.05, 0) is 0 Å². The smallest absolute Gasteiger partial charge is 0 e. The fourth-order valence-electron chi connectivity index (χ4n) is 0. The number of hydrogen-bond donors (Lipinski definition) is 0. The Morgan fingerprint density at radius 1 is 0.833 bits per heavy atom. The molecular formula is CoFe2MgMnNi. The van der Waals surface area contributed by atoms with Crippen LogP contribution in [0.1, 0.15) is 0 Å². The largest absolute Gasteiger partial charge is 0 e. The van der Waals surface area contributed by atoms with E-state index in [1.54, 1.807) is 0 Å². The van der Waals surface area contributed by atoms with Crippen LogP contribution in [0, 0.1) is 0 Å². The van der Waals surface area contributed by atoms with E-state index in [-0.39, 0.29) is 108 Å². The minimum Gasteiger partial charge on any atom is 0 e. The van der Waals surface area contributed by atoms with Crippen molar-refractivity contribution in [3.8, 4) is 0 Å². The van der Waals surface area contributed by atoms with Gasteiger partial charge in [-0.3, -0.25) is 0 Å². The number of rotatable bonds is 0. The maximum Gasteiger partial charge on any atom is 0 e. The minimum atomic E-state index is 0. The Bertz CT molecular complexity index is 13.5. The minimum absolute atomic E-state index is 0. The molecule has 0 aliphatic carbocycles. The Labute approximate surface area is 106 Å². The van der Waals surface area contributed by atoms with Crippen LogP contribution in [0.25, 0.3) is 0 Å². The van der Waals surface area contributed by atoms with Crippen molar-refractivity contribution in [2.75, 3.05) is 0 Å². The summed E-state index contributed by atoms with van der Waals surface area (Å²) in [6, 6.07) is 0. The Kier molecular flexibility index (Phi) is 394. The van der Waals surface area contributed by atoms with E-state index in [1.165, 1.54) is 0 Å². The van der Waals surface area contributed by atoms with E-state index >= 15 is 0 Å². The van der Waals surface area contributed by atoms with E-state index < -0.39 is 0 Å². The molecule has 0 rings (SSSR count). The van der Waals surface area contributed by atoms with Gasteiger partial charge in [-0.1, -0.05) is 0 Å². The molecular weight excluding hydrogens is 309 g/mol. The Hall–Kier alpha value is 3.32. The van der Waals surface area contributed by atoms with Gasteiger partial charge in [0.05, 0.1) is 0 Å². The SMILES string of the molecule is [Co].[Fe].[Fe].[Mg].[Mn].[Ni]. The van der Waals surface area contributed by atoms with Crippen LogP contribution < -0.4 is 0 Å². The second-order valence-corrected chi connectivity index (χ2v) is 0. The fraction of sp³-hybridized carbons (Fsp3) is 0. The van der Waals surface area contributed by atoms with Crippen LogP contribution in [-0.4, -0.2) is 23.1 Å². The molecule has 0 N–H and O–H groups in total. The molecule has 6 heavy (non-hydrogen) atoms. The molecule has 0 amide bonds. The Morgan fingerprint density at radius 3 is 0.833 bits per heavy atom. The molecule has 0 aromatic carbocycles. The van der Waals surface area contributed by atoms with Gasteiger partial charge < -0.3 is 0 Å². The first-order chi connectivity index (χ1) is 0. The maximum atomic E-state index is 0. The van der Waals surface area contributed by atoms with Crippen molar-refractivity contribution >= 4 is 23.1 Å². The summed E-state index contributed by atoms with van der Waals surface area (Å²) in [5.41, 5.74) is 0. The third-order valence-electron chi connectivity index (χ3n) is 0. The second kappa shape index (κ2) is 40.4. The van der Waals surface area contributed by atoms with Crippen LogP contribution in [-0.2, 0) is 84.5 Å². The van der Waals surface area contributed by atoms with Crippen LogP contribution in [0.4, 0.5) is 0 Å². The van der Waals surface area contributed by atoms with Gasteiger partial charge in [-0.2, -0.15) is 0 Å². The molecule has 4 radical (unpaired) electrons. The van der Waals surface area contributed by atoms with E-state index in [9.17, 15) is 0 Å². The molecule has 0 spiro atoms. The van der Waals surface area contributed by atoms with E-state index in [0.717, 1.165) is 0 Å². The molecule has 0 fully saturated rings. The second-order valence-electron chi connectivity index (χ2n) is 0. The van der Waals surface area contributed by atoms with Crippen LogP contribution in [0.5, 0.6) is 0 Å². The first kappa shape index (κ1) is 58.5. The van der Waals surface area contributed by atoms with Gasteiger partial charge in [-0.25, -0.2) is 0 Å². The number of hydrogen-bond acceptors (Lipinski definition) is 0. The van der Waals surface area contributed by atoms with Crippen molar-refractivity contribution in [2.45, 2.75) is 0 Å². The fourth-order valence-corrected chi connectivity index (χ4v) is 0. The molecule has 0 aliphatic heterocycles. The molecule has 44 valence electrons. The van der Waals surface area contributed by atoms with Crippen LogP contribution in [0.3, 0.4) is 0 Å². The topological polar surface area (TPSA) is 0 Å². The molecule has 0 aliphatic rings. The third-order valence-corrected chi connectivity index (χ3v) is 0. The maximum absolute atomic E-state index is 0. The molecule has 0 saturated heterocycles. The molecule has 0 aromatic heterocycles. The van der Waals surface area contributed by atoms with Crippen molar-refractivity contribution in [3.05, 3.63) is 0 Å². The Balaban J connectivity index is 0. The van der Waals surface area contributed by atoms with Crippen LogP contribution in [0.2, 0.25) is 0 Å². The molecule has 0 aromatic rings. The monoisotopic (exact) mass is 308 g/mol. The van der Waals surface area contributed by atoms with Gasteiger partial charge in [0.1, 0.15) is 0 Å². The molecule has 0 heterocycles. The van der Waals surface area contributed by atoms with Crippen molar-refractivity contribution < 1.29 is 84.5 Å². The summed E-state index contributed by atoms with van der Waals surface area (Å²) in [6.07, 6.45) is 0. The van der Waals surface area contributed by atoms with Gasteiger partial charge >= 0.3 is 0 Å². The van der Waals surface area contributed by atoms with Crippen molar-refractivity contribution in [1.82, 2.24) is 0 Å². The summed E-state index contributed by atoms with van der Waals surface area (Å²) in [5.74, 6) is 0. The molecule has 0 bridgehead atoms. The van der Waals surface area contributed by atoms with Gasteiger partial charge in [0.15, 0.2) is 0 Å². The third kappa shape index (κ3) is 26.5. The summed E-state index contributed by atoms with van der Waals surface area (Å²) in [4.78, 5) is 0. The standard InChI is InChI=1S/Co.2Fe.Mg.Mn.Ni. The predicted octanol–water partition coefficient (Wildman–Crippen LogP) is -0.393. The zero-order valence-electron chi connectivity index (χ0n) is 2.44. The first-order valence-electron chi connectivity index (χ1n) is 0. The van der Waals surface area contributed by atoms with Gasteiger partial charge in [0.2, 0.25) is 0 Å². The summed E-state index contributed by atoms with van der Waals surface area (Å²) in [7, 11) is 0. The quantitative estimate of drug-likeness (QED) is 0.535. The van der Waals surface area contributed by atoms with E-state index in [4.69, 9.17) is 0 Å². The van der Waals surface area contributed by atoms with Gasteiger partial charge in [0, 0.05) is 108 Å². The average Bonchev–Trinajstić information content (AvgIpc) is 0. The summed E-state index contributed by atoms with van der Waals surface area (Å²) >= 11 is 0. The van der Waals surface area contributed by atoms with Crippen LogP contribution >= 0.6 is 0 Å². The molecule has 6 heteroatoms. The van der Waals surface area contributed by atoms with Crippen molar-refractivity contribution in [1.29, 1.82) is 0 Å². The predicted molar refractivity (Wildman–Crippen MR) is 5.75 cm³/mol. The summed E-state index contributed by atoms with van der Waals surface area (Å²) in [6.45, 7) is 0. The van der Waals surface area contributed by atoms with E-state index in [2.05, 4.69) is 0 Å². The molecule has 0 atom stereocenters. The Morgan fingerprint density at radius 2 is 0.833 bits per heavy atom. The molecule has 0 unspecified atom stereocenters. The summed E-state index contributed by atoms with van der Waals surface area (Å²) in [5, 5.41) is 0. The normalized spacial score (nSPS) is 0. The van der Waals surface area contributed by atoms with Crippen molar-refractivity contribution in [2.24, 2.45) is 0 Å². The van der Waals surface area contributed by atoms with Crippen molar-refractivity contribution in [3.63, 3.8) is 0 Å². The molecule has 0 nitrogen and oxygen atoms in total. The summed E-state index contributed by atoms with van der Waals surface area (Å²) < 4.78 is 0.